The van der Waals surface area contributed by atoms with Crippen molar-refractivity contribution in [2.75, 3.05) is 41.1 Å². The Bertz CT molecular complexity index is 946. The zero-order chi connectivity index (χ0) is 27.9. The number of ether oxygens (including phenoxy) is 4. The third kappa shape index (κ3) is 12.1. The molecule has 0 saturated carbocycles. The quantitative estimate of drug-likeness (QED) is 0.235. The Kier molecular flexibility index (Phi) is 16.7. The van der Waals surface area contributed by atoms with Crippen LogP contribution in [0.2, 0.25) is 0 Å². The highest BCUT2D eigenvalue weighted by Gasteiger charge is 2.25. The highest BCUT2D eigenvalue weighted by atomic mass is 35.5. The van der Waals surface area contributed by atoms with Crippen molar-refractivity contribution in [2.24, 2.45) is 17.6 Å². The zero-order valence-electron chi connectivity index (χ0n) is 23.9. The number of carbonyl (C=O) groups is 1. The maximum Gasteiger partial charge on any atom is 0.249 e. The summed E-state index contributed by atoms with van der Waals surface area (Å²) >= 11 is 0. The van der Waals surface area contributed by atoms with Crippen LogP contribution < -0.4 is 20.5 Å². The molecule has 0 radical (unpaired) electrons. The standard InChI is InChI=1S/C30H46N2O6.ClH/c1-21(2)24(16-23-12-13-27(36-4)28(18-23)38-15-9-14-35-3)19-25(31)26(33)20-32-30(34)29(37-5)17-22-10-7-6-8-11-22;/h6-8,10-13,18,21,24-26,29,33H,9,14-17,19-20,31H2,1-5H3,(H,32,34);1H/t24-,25-,26-,29+;/m0./s1. The Morgan fingerprint density at radius 3 is 2.31 bits per heavy atom. The van der Waals surface area contributed by atoms with E-state index in [1.165, 1.54) is 7.11 Å². The third-order valence-corrected chi connectivity index (χ3v) is 6.81. The Morgan fingerprint density at radius 2 is 1.69 bits per heavy atom. The monoisotopic (exact) mass is 566 g/mol. The van der Waals surface area contributed by atoms with Crippen LogP contribution in [-0.2, 0) is 27.1 Å². The number of benzene rings is 2. The van der Waals surface area contributed by atoms with Crippen LogP contribution in [0.15, 0.2) is 48.5 Å². The van der Waals surface area contributed by atoms with Gasteiger partial charge in [0.2, 0.25) is 5.91 Å². The molecule has 9 heteroatoms. The smallest absolute Gasteiger partial charge is 0.249 e. The SMILES string of the molecule is COCCCOc1cc(C[C@@H](C[C@H](N)[C@@H](O)CNC(=O)[C@@H](Cc2ccccc2)OC)C(C)C)ccc1OC.Cl. The molecule has 0 aliphatic carbocycles. The van der Waals surface area contributed by atoms with Crippen LogP contribution in [-0.4, -0.2) is 70.4 Å². The van der Waals surface area contributed by atoms with Gasteiger partial charge in [-0.1, -0.05) is 50.2 Å². The predicted octanol–water partition coefficient (Wildman–Crippen LogP) is 3.80. The molecule has 8 nitrogen and oxygen atoms in total. The fourth-order valence-electron chi connectivity index (χ4n) is 4.33. The Balaban J connectivity index is 0.00000760. The fraction of sp³-hybridized carbons (Fsp3) is 0.567. The number of halogens is 1. The number of carbonyl (C=O) groups excluding carboxylic acids is 1. The number of methoxy groups -OCH3 is 3. The van der Waals surface area contributed by atoms with E-state index >= 15 is 0 Å². The summed E-state index contributed by atoms with van der Waals surface area (Å²) in [7, 11) is 4.81. The van der Waals surface area contributed by atoms with Gasteiger partial charge in [0, 0.05) is 46.3 Å². The van der Waals surface area contributed by atoms with E-state index < -0.39 is 18.2 Å². The largest absolute Gasteiger partial charge is 0.493 e. The molecule has 0 aliphatic heterocycles. The second-order valence-corrected chi connectivity index (χ2v) is 10.0. The lowest BCUT2D eigenvalue weighted by Crippen LogP contribution is -2.47. The summed E-state index contributed by atoms with van der Waals surface area (Å²) in [5, 5.41) is 13.5. The van der Waals surface area contributed by atoms with Crippen molar-refractivity contribution in [3.63, 3.8) is 0 Å². The van der Waals surface area contributed by atoms with E-state index in [1.54, 1.807) is 14.2 Å². The molecule has 4 atom stereocenters. The molecule has 1 amide bonds. The lowest BCUT2D eigenvalue weighted by atomic mass is 9.83. The van der Waals surface area contributed by atoms with Gasteiger partial charge in [-0.05, 0) is 47.9 Å². The number of hydrogen-bond donors (Lipinski definition) is 3. The number of aliphatic hydroxyl groups is 1. The molecule has 220 valence electrons. The van der Waals surface area contributed by atoms with Crippen LogP contribution >= 0.6 is 12.4 Å². The summed E-state index contributed by atoms with van der Waals surface area (Å²) in [5.41, 5.74) is 8.53. The van der Waals surface area contributed by atoms with Crippen molar-refractivity contribution in [2.45, 2.75) is 57.8 Å². The molecular formula is C30H47ClN2O6. The van der Waals surface area contributed by atoms with E-state index in [2.05, 4.69) is 19.2 Å². The van der Waals surface area contributed by atoms with Gasteiger partial charge in [-0.2, -0.15) is 0 Å². The summed E-state index contributed by atoms with van der Waals surface area (Å²) in [6, 6.07) is 15.2. The number of nitrogens with one attached hydrogen (secondary N) is 1. The molecule has 2 aromatic rings. The maximum absolute atomic E-state index is 12.7. The average molecular weight is 567 g/mol. The molecule has 0 unspecified atom stereocenters. The van der Waals surface area contributed by atoms with Crippen molar-refractivity contribution in [1.29, 1.82) is 0 Å². The zero-order valence-corrected chi connectivity index (χ0v) is 24.7. The Labute approximate surface area is 240 Å². The normalized spacial score (nSPS) is 14.2. The number of hydrogen-bond acceptors (Lipinski definition) is 7. The molecule has 39 heavy (non-hydrogen) atoms. The van der Waals surface area contributed by atoms with Crippen LogP contribution in [0.25, 0.3) is 0 Å². The van der Waals surface area contributed by atoms with Crippen molar-refractivity contribution in [3.8, 4) is 11.5 Å². The van der Waals surface area contributed by atoms with E-state index in [4.69, 9.17) is 24.7 Å². The van der Waals surface area contributed by atoms with Crippen molar-refractivity contribution >= 4 is 18.3 Å². The van der Waals surface area contributed by atoms with Crippen LogP contribution in [0.1, 0.15) is 37.8 Å². The van der Waals surface area contributed by atoms with Crippen molar-refractivity contribution in [1.82, 2.24) is 5.32 Å². The molecule has 0 aliphatic rings. The lowest BCUT2D eigenvalue weighted by Gasteiger charge is -2.28. The molecule has 0 bridgehead atoms. The van der Waals surface area contributed by atoms with E-state index in [9.17, 15) is 9.90 Å². The maximum atomic E-state index is 12.7. The van der Waals surface area contributed by atoms with Gasteiger partial charge in [-0.3, -0.25) is 4.79 Å². The molecular weight excluding hydrogens is 520 g/mol. The molecule has 0 heterocycles. The second-order valence-electron chi connectivity index (χ2n) is 10.0. The molecule has 0 aromatic heterocycles. The van der Waals surface area contributed by atoms with Crippen LogP contribution in [0.4, 0.5) is 0 Å². The molecule has 0 spiro atoms. The van der Waals surface area contributed by atoms with E-state index in [1.807, 2.05) is 48.5 Å². The van der Waals surface area contributed by atoms with Gasteiger partial charge in [-0.15, -0.1) is 12.4 Å². The topological polar surface area (TPSA) is 112 Å². The van der Waals surface area contributed by atoms with Gasteiger partial charge in [-0.25, -0.2) is 0 Å². The van der Waals surface area contributed by atoms with Gasteiger partial charge in [0.15, 0.2) is 11.5 Å². The fourth-order valence-corrected chi connectivity index (χ4v) is 4.33. The first-order valence-corrected chi connectivity index (χ1v) is 13.4. The molecule has 4 N–H and O–H groups in total. The van der Waals surface area contributed by atoms with Crippen LogP contribution in [0, 0.1) is 11.8 Å². The molecule has 2 rings (SSSR count). The summed E-state index contributed by atoms with van der Waals surface area (Å²) in [6.07, 6.45) is 1.14. The van der Waals surface area contributed by atoms with Gasteiger partial charge in [0.25, 0.3) is 0 Å². The average Bonchev–Trinajstić information content (AvgIpc) is 2.92. The van der Waals surface area contributed by atoms with Gasteiger partial charge in [0.05, 0.1) is 19.8 Å². The minimum absolute atomic E-state index is 0. The van der Waals surface area contributed by atoms with Crippen LogP contribution in [0.3, 0.4) is 0 Å². The Morgan fingerprint density at radius 1 is 0.974 bits per heavy atom. The number of amides is 1. The number of aliphatic hydroxyl groups excluding tert-OH is 1. The first-order chi connectivity index (χ1) is 18.3. The predicted molar refractivity (Wildman–Crippen MR) is 157 cm³/mol. The summed E-state index contributed by atoms with van der Waals surface area (Å²) in [4.78, 5) is 12.7. The van der Waals surface area contributed by atoms with Crippen molar-refractivity contribution in [3.05, 3.63) is 59.7 Å². The number of nitrogens with two attached hydrogens (primary N) is 1. The molecule has 2 aromatic carbocycles. The van der Waals surface area contributed by atoms with Crippen LogP contribution in [0.5, 0.6) is 11.5 Å². The minimum atomic E-state index is -0.870. The first-order valence-electron chi connectivity index (χ1n) is 13.4. The number of rotatable bonds is 18. The molecule has 0 fully saturated rings. The highest BCUT2D eigenvalue weighted by molar-refractivity contribution is 5.85. The summed E-state index contributed by atoms with van der Waals surface area (Å²) in [6.45, 7) is 5.56. The summed E-state index contributed by atoms with van der Waals surface area (Å²) in [5.74, 6) is 1.71. The van der Waals surface area contributed by atoms with Gasteiger partial charge in [0.1, 0.15) is 6.10 Å². The van der Waals surface area contributed by atoms with E-state index in [0.717, 1.165) is 24.0 Å². The van der Waals surface area contributed by atoms with E-state index in [0.29, 0.717) is 43.5 Å². The lowest BCUT2D eigenvalue weighted by molar-refractivity contribution is -0.131. The third-order valence-electron chi connectivity index (χ3n) is 6.81. The minimum Gasteiger partial charge on any atom is -0.493 e. The van der Waals surface area contributed by atoms with Gasteiger partial charge >= 0.3 is 0 Å². The van der Waals surface area contributed by atoms with E-state index in [-0.39, 0.29) is 30.8 Å². The highest BCUT2D eigenvalue weighted by Crippen LogP contribution is 2.31. The van der Waals surface area contributed by atoms with Crippen molar-refractivity contribution < 1.29 is 28.8 Å². The first kappa shape index (κ1) is 34.7. The molecule has 0 saturated heterocycles. The summed E-state index contributed by atoms with van der Waals surface area (Å²) < 4.78 is 21.9. The Hall–Kier alpha value is -2.36. The van der Waals surface area contributed by atoms with Gasteiger partial charge < -0.3 is 35.1 Å². The second kappa shape index (κ2) is 18.8.